The van der Waals surface area contributed by atoms with E-state index in [0.717, 1.165) is 24.1 Å². The Balaban J connectivity index is 1.52. The summed E-state index contributed by atoms with van der Waals surface area (Å²) in [6.45, 7) is 5.17. The summed E-state index contributed by atoms with van der Waals surface area (Å²) in [5.41, 5.74) is 2.49. The fraction of sp³-hybridized carbons (Fsp3) is 0.474. The number of nitrogens with one attached hydrogen (secondary N) is 2. The smallest absolute Gasteiger partial charge is 0.274 e. The lowest BCUT2D eigenvalue weighted by atomic mass is 9.95. The summed E-state index contributed by atoms with van der Waals surface area (Å²) >= 11 is 0. The Labute approximate surface area is 153 Å². The number of anilines is 1. The number of carbonyl (C=O) groups is 2. The molecule has 1 fully saturated rings. The quantitative estimate of drug-likeness (QED) is 0.862. The molecule has 1 aliphatic rings. The molecule has 2 aromatic heterocycles. The molecule has 2 N–H and O–H groups in total. The Kier molecular flexibility index (Phi) is 5.65. The molecule has 138 valence electrons. The minimum Gasteiger partial charge on any atom is -0.337 e. The number of nitrogens with zero attached hydrogens (tertiary/aromatic N) is 3. The fourth-order valence-electron chi connectivity index (χ4n) is 3.15. The summed E-state index contributed by atoms with van der Waals surface area (Å²) < 4.78 is 0. The molecule has 0 unspecified atom stereocenters. The molecule has 0 aliphatic carbocycles. The van der Waals surface area contributed by atoms with E-state index in [-0.39, 0.29) is 17.7 Å². The lowest BCUT2D eigenvalue weighted by Crippen LogP contribution is -2.41. The van der Waals surface area contributed by atoms with Gasteiger partial charge in [0.15, 0.2) is 0 Å². The minimum atomic E-state index is -0.100. The van der Waals surface area contributed by atoms with Gasteiger partial charge in [-0.3, -0.25) is 14.7 Å². The van der Waals surface area contributed by atoms with Crippen molar-refractivity contribution < 1.29 is 9.59 Å². The molecule has 1 saturated heterocycles. The van der Waals surface area contributed by atoms with Crippen molar-refractivity contribution in [1.82, 2.24) is 20.1 Å². The first-order valence-electron chi connectivity index (χ1n) is 9.14. The monoisotopic (exact) mass is 355 g/mol. The number of aromatic amines is 1. The predicted molar refractivity (Wildman–Crippen MR) is 98.8 cm³/mol. The van der Waals surface area contributed by atoms with Crippen LogP contribution in [0.15, 0.2) is 24.4 Å². The van der Waals surface area contributed by atoms with E-state index in [2.05, 4.69) is 27.4 Å². The molecule has 7 heteroatoms. The highest BCUT2D eigenvalue weighted by Gasteiger charge is 2.28. The van der Waals surface area contributed by atoms with Gasteiger partial charge in [-0.05, 0) is 43.9 Å². The van der Waals surface area contributed by atoms with Crippen molar-refractivity contribution in [1.29, 1.82) is 0 Å². The standard InChI is InChI=1S/C19H25N5O2/c1-3-4-15-11-16(23-22-15)19(26)24-9-7-14(8-10-24)18(25)21-17-6-5-13(2)12-20-17/h5-6,11-12,14H,3-4,7-10H2,1-2H3,(H,22,23)(H,20,21,25). The molecule has 7 nitrogen and oxygen atoms in total. The number of aromatic nitrogens is 3. The molecule has 3 rings (SSSR count). The van der Waals surface area contributed by atoms with Gasteiger partial charge >= 0.3 is 0 Å². The van der Waals surface area contributed by atoms with Crippen LogP contribution >= 0.6 is 0 Å². The van der Waals surface area contributed by atoms with Crippen molar-refractivity contribution in [2.75, 3.05) is 18.4 Å². The van der Waals surface area contributed by atoms with E-state index in [0.29, 0.717) is 37.4 Å². The summed E-state index contributed by atoms with van der Waals surface area (Å²) in [6.07, 6.45) is 4.92. The van der Waals surface area contributed by atoms with E-state index < -0.39 is 0 Å². The molecule has 2 aromatic rings. The second-order valence-corrected chi connectivity index (χ2v) is 6.80. The molecular formula is C19H25N5O2. The van der Waals surface area contributed by atoms with E-state index in [1.54, 1.807) is 17.2 Å². The van der Waals surface area contributed by atoms with Crippen molar-refractivity contribution in [2.24, 2.45) is 5.92 Å². The summed E-state index contributed by atoms with van der Waals surface area (Å²) in [5, 5.41) is 9.90. The second kappa shape index (κ2) is 8.12. The fourth-order valence-corrected chi connectivity index (χ4v) is 3.15. The zero-order valence-corrected chi connectivity index (χ0v) is 15.3. The van der Waals surface area contributed by atoms with E-state index in [1.807, 2.05) is 19.1 Å². The Bertz CT molecular complexity index is 760. The van der Waals surface area contributed by atoms with E-state index in [4.69, 9.17) is 0 Å². The summed E-state index contributed by atoms with van der Waals surface area (Å²) in [5.74, 6) is 0.372. The van der Waals surface area contributed by atoms with E-state index >= 15 is 0 Å². The number of carbonyl (C=O) groups excluding carboxylic acids is 2. The Morgan fingerprint density at radius 1 is 1.31 bits per heavy atom. The first-order valence-corrected chi connectivity index (χ1v) is 9.14. The average molecular weight is 355 g/mol. The molecule has 26 heavy (non-hydrogen) atoms. The summed E-state index contributed by atoms with van der Waals surface area (Å²) in [6, 6.07) is 5.55. The molecule has 3 heterocycles. The van der Waals surface area contributed by atoms with Crippen molar-refractivity contribution >= 4 is 17.6 Å². The highest BCUT2D eigenvalue weighted by Crippen LogP contribution is 2.20. The zero-order valence-electron chi connectivity index (χ0n) is 15.3. The molecule has 1 aliphatic heterocycles. The van der Waals surface area contributed by atoms with Crippen LogP contribution in [0.25, 0.3) is 0 Å². The van der Waals surface area contributed by atoms with Gasteiger partial charge in [-0.15, -0.1) is 0 Å². The highest BCUT2D eigenvalue weighted by molar-refractivity contribution is 5.94. The van der Waals surface area contributed by atoms with Crippen LogP contribution in [0.2, 0.25) is 0 Å². The number of rotatable bonds is 5. The van der Waals surface area contributed by atoms with Gasteiger partial charge in [0.2, 0.25) is 5.91 Å². The molecule has 0 saturated carbocycles. The van der Waals surface area contributed by atoms with Gasteiger partial charge in [0.05, 0.1) is 0 Å². The lowest BCUT2D eigenvalue weighted by Gasteiger charge is -2.30. The van der Waals surface area contributed by atoms with Crippen LogP contribution < -0.4 is 5.32 Å². The topological polar surface area (TPSA) is 91.0 Å². The molecule has 0 bridgehead atoms. The van der Waals surface area contributed by atoms with Gasteiger partial charge in [0, 0.05) is 30.9 Å². The third kappa shape index (κ3) is 4.28. The molecule has 0 aromatic carbocycles. The van der Waals surface area contributed by atoms with E-state index in [1.165, 1.54) is 0 Å². The summed E-state index contributed by atoms with van der Waals surface area (Å²) in [7, 11) is 0. The Morgan fingerprint density at radius 2 is 2.08 bits per heavy atom. The average Bonchev–Trinajstić information content (AvgIpc) is 3.12. The van der Waals surface area contributed by atoms with Crippen molar-refractivity contribution in [3.63, 3.8) is 0 Å². The van der Waals surface area contributed by atoms with Crippen molar-refractivity contribution in [2.45, 2.75) is 39.5 Å². The van der Waals surface area contributed by atoms with Gasteiger partial charge in [0.25, 0.3) is 5.91 Å². The minimum absolute atomic E-state index is 0.0292. The van der Waals surface area contributed by atoms with E-state index in [9.17, 15) is 9.59 Å². The molecule has 0 atom stereocenters. The van der Waals surface area contributed by atoms with Crippen LogP contribution in [0.1, 0.15) is 47.9 Å². The Hall–Kier alpha value is -2.70. The van der Waals surface area contributed by atoms with Gasteiger partial charge in [-0.1, -0.05) is 19.4 Å². The summed E-state index contributed by atoms with van der Waals surface area (Å²) in [4.78, 5) is 30.9. The van der Waals surface area contributed by atoms with Crippen LogP contribution in [0.5, 0.6) is 0 Å². The van der Waals surface area contributed by atoms with Crippen LogP contribution in [0.4, 0.5) is 5.82 Å². The maximum atomic E-state index is 12.5. The van der Waals surface area contributed by atoms with Gasteiger partial charge < -0.3 is 10.2 Å². The number of hydrogen-bond donors (Lipinski definition) is 2. The normalized spacial score (nSPS) is 15.1. The SMILES string of the molecule is CCCc1cc(C(=O)N2CCC(C(=O)Nc3ccc(C)cn3)CC2)n[nH]1. The number of likely N-dealkylation sites (tertiary alicyclic amines) is 1. The van der Waals surface area contributed by atoms with Crippen LogP contribution in [-0.4, -0.2) is 45.0 Å². The van der Waals surface area contributed by atoms with Crippen LogP contribution in [0, 0.1) is 12.8 Å². The van der Waals surface area contributed by atoms with Gasteiger partial charge in [0.1, 0.15) is 11.5 Å². The van der Waals surface area contributed by atoms with Crippen LogP contribution in [-0.2, 0) is 11.2 Å². The Morgan fingerprint density at radius 3 is 2.73 bits per heavy atom. The maximum absolute atomic E-state index is 12.5. The molecule has 2 amide bonds. The number of H-pyrrole nitrogens is 1. The van der Waals surface area contributed by atoms with Crippen molar-refractivity contribution in [3.8, 4) is 0 Å². The first kappa shape index (κ1) is 18.1. The largest absolute Gasteiger partial charge is 0.337 e. The number of pyridine rings is 1. The lowest BCUT2D eigenvalue weighted by molar-refractivity contribution is -0.121. The number of amides is 2. The first-order chi connectivity index (χ1) is 12.6. The molecular weight excluding hydrogens is 330 g/mol. The number of piperidine rings is 1. The second-order valence-electron chi connectivity index (χ2n) is 6.80. The van der Waals surface area contributed by atoms with Gasteiger partial charge in [-0.25, -0.2) is 4.98 Å². The van der Waals surface area contributed by atoms with Crippen molar-refractivity contribution in [3.05, 3.63) is 41.3 Å². The molecule has 0 radical (unpaired) electrons. The van der Waals surface area contributed by atoms with Crippen LogP contribution in [0.3, 0.4) is 0 Å². The highest BCUT2D eigenvalue weighted by atomic mass is 16.2. The number of hydrogen-bond acceptors (Lipinski definition) is 4. The number of aryl methyl sites for hydroxylation is 2. The zero-order chi connectivity index (χ0) is 18.5. The molecule has 0 spiro atoms. The maximum Gasteiger partial charge on any atom is 0.274 e. The third-order valence-corrected chi connectivity index (χ3v) is 4.68. The third-order valence-electron chi connectivity index (χ3n) is 4.68. The predicted octanol–water partition coefficient (Wildman–Crippen LogP) is 2.56. The van der Waals surface area contributed by atoms with Gasteiger partial charge in [-0.2, -0.15) is 5.10 Å².